The summed E-state index contributed by atoms with van der Waals surface area (Å²) in [5.41, 5.74) is 1.33. The lowest BCUT2D eigenvalue weighted by Crippen LogP contribution is -2.23. The summed E-state index contributed by atoms with van der Waals surface area (Å²) in [6.07, 6.45) is 3.65. The van der Waals surface area contributed by atoms with Gasteiger partial charge in [-0.1, -0.05) is 24.3 Å². The van der Waals surface area contributed by atoms with Crippen LogP contribution in [0.2, 0.25) is 0 Å². The van der Waals surface area contributed by atoms with Gasteiger partial charge in [-0.2, -0.15) is 0 Å². The van der Waals surface area contributed by atoms with E-state index in [2.05, 4.69) is 41.6 Å². The van der Waals surface area contributed by atoms with E-state index in [1.54, 1.807) is 0 Å². The van der Waals surface area contributed by atoms with Crippen molar-refractivity contribution in [3.05, 3.63) is 33.0 Å². The minimum atomic E-state index is 0.519. The summed E-state index contributed by atoms with van der Waals surface area (Å²) >= 11 is 3.72. The van der Waals surface area contributed by atoms with E-state index in [1.165, 1.54) is 33.4 Å². The maximum atomic E-state index is 4.94. The quantitative estimate of drug-likeness (QED) is 0.863. The van der Waals surface area contributed by atoms with Crippen LogP contribution in [0.4, 0.5) is 5.13 Å². The fraction of sp³-hybridized carbons (Fsp3) is 0.562. The zero-order valence-electron chi connectivity index (χ0n) is 12.8. The molecule has 2 aromatic heterocycles. The summed E-state index contributed by atoms with van der Waals surface area (Å²) in [5, 5.41) is 6.96. The molecule has 0 bridgehead atoms. The molecule has 2 aromatic rings. The molecular formula is C16H23N3S2. The number of hydrogen-bond acceptors (Lipinski definition) is 5. The summed E-state index contributed by atoms with van der Waals surface area (Å²) in [7, 11) is 0. The van der Waals surface area contributed by atoms with Gasteiger partial charge in [-0.05, 0) is 44.2 Å². The molecular weight excluding hydrogens is 298 g/mol. The van der Waals surface area contributed by atoms with E-state index >= 15 is 0 Å². The van der Waals surface area contributed by atoms with E-state index < -0.39 is 0 Å². The van der Waals surface area contributed by atoms with Crippen molar-refractivity contribution < 1.29 is 0 Å². The third-order valence-electron chi connectivity index (χ3n) is 3.97. The third-order valence-corrected chi connectivity index (χ3v) is 6.10. The molecule has 1 N–H and O–H groups in total. The van der Waals surface area contributed by atoms with Crippen LogP contribution in [0.5, 0.6) is 0 Å². The van der Waals surface area contributed by atoms with Gasteiger partial charge in [-0.3, -0.25) is 0 Å². The van der Waals surface area contributed by atoms with Crippen LogP contribution in [-0.4, -0.2) is 18.1 Å². The standard InChI is InChI=1S/C16H23N3S2/c1-3-17-13-8-5-9-14-15(13)21-16(18-14)19(4-2)11-12-7-6-10-20-12/h6-7,10,13,17H,3-5,8-9,11H2,1-2H3. The van der Waals surface area contributed by atoms with E-state index in [4.69, 9.17) is 4.98 Å². The van der Waals surface area contributed by atoms with E-state index in [0.29, 0.717) is 6.04 Å². The van der Waals surface area contributed by atoms with Crippen molar-refractivity contribution >= 4 is 27.8 Å². The third kappa shape index (κ3) is 3.30. The number of aryl methyl sites for hydroxylation is 1. The molecule has 0 saturated carbocycles. The van der Waals surface area contributed by atoms with Gasteiger partial charge in [0.25, 0.3) is 0 Å². The SMILES string of the molecule is CCNC1CCCc2nc(N(CC)Cc3cccs3)sc21. The van der Waals surface area contributed by atoms with Crippen LogP contribution >= 0.6 is 22.7 Å². The molecule has 1 unspecified atom stereocenters. The minimum absolute atomic E-state index is 0.519. The number of nitrogens with one attached hydrogen (secondary N) is 1. The van der Waals surface area contributed by atoms with E-state index in [1.807, 2.05) is 22.7 Å². The van der Waals surface area contributed by atoms with Crippen LogP contribution in [0.3, 0.4) is 0 Å². The zero-order chi connectivity index (χ0) is 14.7. The Balaban J connectivity index is 1.81. The number of rotatable bonds is 6. The van der Waals surface area contributed by atoms with E-state index in [0.717, 1.165) is 26.1 Å². The fourth-order valence-corrected chi connectivity index (χ4v) is 4.89. The van der Waals surface area contributed by atoms with Crippen molar-refractivity contribution in [1.29, 1.82) is 0 Å². The van der Waals surface area contributed by atoms with Crippen molar-refractivity contribution in [1.82, 2.24) is 10.3 Å². The lowest BCUT2D eigenvalue weighted by atomic mass is 9.98. The van der Waals surface area contributed by atoms with Gasteiger partial charge in [0.05, 0.1) is 12.2 Å². The molecule has 0 saturated heterocycles. The molecule has 1 atom stereocenters. The van der Waals surface area contributed by atoms with Crippen molar-refractivity contribution in [2.45, 2.75) is 45.7 Å². The first-order valence-electron chi connectivity index (χ1n) is 7.82. The zero-order valence-corrected chi connectivity index (χ0v) is 14.4. The van der Waals surface area contributed by atoms with Crippen molar-refractivity contribution in [3.63, 3.8) is 0 Å². The summed E-state index contributed by atoms with van der Waals surface area (Å²) in [6, 6.07) is 4.86. The highest BCUT2D eigenvalue weighted by molar-refractivity contribution is 7.15. The van der Waals surface area contributed by atoms with Crippen LogP contribution in [-0.2, 0) is 13.0 Å². The number of thiazole rings is 1. The van der Waals surface area contributed by atoms with Crippen LogP contribution in [0.1, 0.15) is 48.2 Å². The Morgan fingerprint density at radius 1 is 1.43 bits per heavy atom. The molecule has 3 nitrogen and oxygen atoms in total. The molecule has 1 aliphatic rings. The average molecular weight is 322 g/mol. The molecule has 0 fully saturated rings. The van der Waals surface area contributed by atoms with Crippen LogP contribution in [0, 0.1) is 0 Å². The summed E-state index contributed by atoms with van der Waals surface area (Å²) in [5.74, 6) is 0. The molecule has 5 heteroatoms. The molecule has 0 radical (unpaired) electrons. The fourth-order valence-electron chi connectivity index (χ4n) is 2.89. The molecule has 114 valence electrons. The predicted molar refractivity (Wildman–Crippen MR) is 92.5 cm³/mol. The first-order chi connectivity index (χ1) is 10.3. The molecule has 2 heterocycles. The van der Waals surface area contributed by atoms with Gasteiger partial charge in [0.15, 0.2) is 5.13 Å². The van der Waals surface area contributed by atoms with E-state index in [-0.39, 0.29) is 0 Å². The second-order valence-corrected chi connectivity index (χ2v) is 7.44. The lowest BCUT2D eigenvalue weighted by Gasteiger charge is -2.21. The van der Waals surface area contributed by atoms with Crippen molar-refractivity contribution in [3.8, 4) is 0 Å². The Labute approximate surface area is 135 Å². The summed E-state index contributed by atoms with van der Waals surface area (Å²) in [4.78, 5) is 10.2. The Morgan fingerprint density at radius 3 is 3.05 bits per heavy atom. The largest absolute Gasteiger partial charge is 0.343 e. The second-order valence-electron chi connectivity index (χ2n) is 5.40. The first kappa shape index (κ1) is 15.0. The van der Waals surface area contributed by atoms with Crippen LogP contribution in [0.15, 0.2) is 17.5 Å². The summed E-state index contributed by atoms with van der Waals surface area (Å²) in [6.45, 7) is 7.42. The second kappa shape index (κ2) is 6.90. The molecule has 0 amide bonds. The van der Waals surface area contributed by atoms with Gasteiger partial charge in [-0.15, -0.1) is 11.3 Å². The predicted octanol–water partition coefficient (Wildman–Crippen LogP) is 4.22. The topological polar surface area (TPSA) is 28.2 Å². The maximum absolute atomic E-state index is 4.94. The minimum Gasteiger partial charge on any atom is -0.343 e. The Bertz CT molecular complexity index is 562. The number of fused-ring (bicyclic) bond motifs is 1. The number of nitrogens with zero attached hydrogens (tertiary/aromatic N) is 2. The molecule has 1 aliphatic carbocycles. The lowest BCUT2D eigenvalue weighted by molar-refractivity contribution is 0.476. The molecule has 3 rings (SSSR count). The van der Waals surface area contributed by atoms with Crippen molar-refractivity contribution in [2.75, 3.05) is 18.0 Å². The Morgan fingerprint density at radius 2 is 2.33 bits per heavy atom. The monoisotopic (exact) mass is 321 g/mol. The first-order valence-corrected chi connectivity index (χ1v) is 9.51. The Hall–Kier alpha value is -0.910. The number of thiophene rings is 1. The number of hydrogen-bond donors (Lipinski definition) is 1. The number of anilines is 1. The highest BCUT2D eigenvalue weighted by Crippen LogP contribution is 2.38. The molecule has 21 heavy (non-hydrogen) atoms. The Kier molecular flexibility index (Phi) is 4.93. The number of aromatic nitrogens is 1. The molecule has 0 spiro atoms. The highest BCUT2D eigenvalue weighted by Gasteiger charge is 2.25. The van der Waals surface area contributed by atoms with Gasteiger partial charge in [0.2, 0.25) is 0 Å². The smallest absolute Gasteiger partial charge is 0.186 e. The average Bonchev–Trinajstić information content (AvgIpc) is 3.14. The van der Waals surface area contributed by atoms with Gasteiger partial charge in [-0.25, -0.2) is 4.98 Å². The van der Waals surface area contributed by atoms with Gasteiger partial charge in [0, 0.05) is 22.3 Å². The summed E-state index contributed by atoms with van der Waals surface area (Å²) < 4.78 is 0. The molecule has 0 aliphatic heterocycles. The highest BCUT2D eigenvalue weighted by atomic mass is 32.1. The molecule has 0 aromatic carbocycles. The normalized spacial score (nSPS) is 17.7. The van der Waals surface area contributed by atoms with Crippen LogP contribution < -0.4 is 10.2 Å². The maximum Gasteiger partial charge on any atom is 0.186 e. The van der Waals surface area contributed by atoms with Gasteiger partial charge in [0.1, 0.15) is 0 Å². The van der Waals surface area contributed by atoms with Crippen molar-refractivity contribution in [2.24, 2.45) is 0 Å². The van der Waals surface area contributed by atoms with Gasteiger partial charge >= 0.3 is 0 Å². The van der Waals surface area contributed by atoms with Gasteiger partial charge < -0.3 is 10.2 Å². The van der Waals surface area contributed by atoms with E-state index in [9.17, 15) is 0 Å². The van der Waals surface area contributed by atoms with Crippen LogP contribution in [0.25, 0.3) is 0 Å².